The number of nitrogens with zero attached hydrogens (tertiary/aromatic N) is 2. The van der Waals surface area contributed by atoms with Crippen LogP contribution < -0.4 is 4.31 Å². The van der Waals surface area contributed by atoms with E-state index in [0.717, 1.165) is 18.4 Å². The molecule has 1 heterocycles. The largest absolute Gasteiger partial charge is 0.257 e. The smallest absolute Gasteiger partial charge is 0.233 e. The van der Waals surface area contributed by atoms with Gasteiger partial charge in [0, 0.05) is 12.7 Å². The number of rotatable bonds is 3. The summed E-state index contributed by atoms with van der Waals surface area (Å²) in [4.78, 5) is 4.20. The van der Waals surface area contributed by atoms with E-state index in [2.05, 4.69) is 4.98 Å². The van der Waals surface area contributed by atoms with E-state index in [1.54, 1.807) is 6.07 Å². The number of sulfonamides is 1. The average Bonchev–Trinajstić information content (AvgIpc) is 2.15. The van der Waals surface area contributed by atoms with Gasteiger partial charge < -0.3 is 0 Å². The molecule has 1 rings (SSSR count). The van der Waals surface area contributed by atoms with Crippen LogP contribution in [0.25, 0.3) is 0 Å². The third kappa shape index (κ3) is 2.45. The molecule has 0 unspecified atom stereocenters. The summed E-state index contributed by atoms with van der Waals surface area (Å²) in [6, 6.07) is 5.36. The van der Waals surface area contributed by atoms with E-state index in [-0.39, 0.29) is 0 Å². The summed E-state index contributed by atoms with van der Waals surface area (Å²) in [5.74, 6) is 0.465. The van der Waals surface area contributed by atoms with Crippen molar-refractivity contribution in [2.24, 2.45) is 0 Å². The molecule has 0 aliphatic carbocycles. The molecule has 0 saturated heterocycles. The number of hydrogen-bond acceptors (Lipinski definition) is 3. The first-order chi connectivity index (χ1) is 6.45. The van der Waals surface area contributed by atoms with Crippen LogP contribution in [-0.2, 0) is 16.4 Å². The molecule has 0 N–H and O–H groups in total. The Morgan fingerprint density at radius 1 is 1.43 bits per heavy atom. The zero-order valence-corrected chi connectivity index (χ0v) is 9.37. The molecule has 5 heteroatoms. The van der Waals surface area contributed by atoms with E-state index in [4.69, 9.17) is 0 Å². The molecule has 0 bridgehead atoms. The minimum absolute atomic E-state index is 0.465. The van der Waals surface area contributed by atoms with Crippen molar-refractivity contribution in [3.63, 3.8) is 0 Å². The van der Waals surface area contributed by atoms with Gasteiger partial charge in [0.05, 0.1) is 6.26 Å². The second kappa shape index (κ2) is 3.96. The molecule has 0 fully saturated rings. The van der Waals surface area contributed by atoms with Crippen LogP contribution in [0, 0.1) is 0 Å². The third-order valence-electron chi connectivity index (χ3n) is 1.97. The second-order valence-corrected chi connectivity index (χ2v) is 5.08. The van der Waals surface area contributed by atoms with Gasteiger partial charge >= 0.3 is 0 Å². The minimum Gasteiger partial charge on any atom is -0.257 e. The monoisotopic (exact) mass is 214 g/mol. The lowest BCUT2D eigenvalue weighted by Gasteiger charge is -2.15. The molecule has 0 radical (unpaired) electrons. The van der Waals surface area contributed by atoms with Crippen LogP contribution in [0.5, 0.6) is 0 Å². The van der Waals surface area contributed by atoms with Crippen LogP contribution in [-0.4, -0.2) is 26.7 Å². The third-order valence-corrected chi connectivity index (χ3v) is 3.16. The summed E-state index contributed by atoms with van der Waals surface area (Å²) >= 11 is 0. The van der Waals surface area contributed by atoms with Gasteiger partial charge in [0.15, 0.2) is 0 Å². The van der Waals surface area contributed by atoms with Crippen molar-refractivity contribution in [3.05, 3.63) is 23.9 Å². The summed E-state index contributed by atoms with van der Waals surface area (Å²) in [7, 11) is -1.71. The molecule has 0 aliphatic heterocycles. The molecule has 1 aromatic rings. The van der Waals surface area contributed by atoms with Crippen LogP contribution in [0.3, 0.4) is 0 Å². The average molecular weight is 214 g/mol. The van der Waals surface area contributed by atoms with E-state index in [1.807, 2.05) is 19.1 Å². The summed E-state index contributed by atoms with van der Waals surface area (Å²) in [6.07, 6.45) is 1.96. The lowest BCUT2D eigenvalue weighted by molar-refractivity contribution is 0.599. The van der Waals surface area contributed by atoms with E-state index in [0.29, 0.717) is 5.82 Å². The zero-order chi connectivity index (χ0) is 10.8. The van der Waals surface area contributed by atoms with Gasteiger partial charge in [-0.05, 0) is 18.6 Å². The van der Waals surface area contributed by atoms with Crippen molar-refractivity contribution in [1.82, 2.24) is 4.98 Å². The van der Waals surface area contributed by atoms with Gasteiger partial charge in [-0.1, -0.05) is 13.0 Å². The predicted molar refractivity (Wildman–Crippen MR) is 56.9 cm³/mol. The van der Waals surface area contributed by atoms with Crippen LogP contribution in [0.15, 0.2) is 18.2 Å². The Morgan fingerprint density at radius 2 is 2.07 bits per heavy atom. The zero-order valence-electron chi connectivity index (χ0n) is 8.56. The first-order valence-electron chi connectivity index (χ1n) is 4.35. The van der Waals surface area contributed by atoms with Gasteiger partial charge in [0.1, 0.15) is 5.82 Å². The van der Waals surface area contributed by atoms with E-state index in [1.165, 1.54) is 11.4 Å². The highest BCUT2D eigenvalue weighted by molar-refractivity contribution is 7.92. The Bertz CT molecular complexity index is 415. The Hall–Kier alpha value is -1.10. The molecule has 0 aromatic carbocycles. The second-order valence-electron chi connectivity index (χ2n) is 3.07. The normalized spacial score (nSPS) is 11.4. The first kappa shape index (κ1) is 11.0. The molecule has 0 saturated carbocycles. The topological polar surface area (TPSA) is 50.3 Å². The van der Waals surface area contributed by atoms with Crippen LogP contribution in [0.4, 0.5) is 5.82 Å². The Kier molecular flexibility index (Phi) is 3.10. The van der Waals surface area contributed by atoms with Crippen molar-refractivity contribution in [3.8, 4) is 0 Å². The standard InChI is InChI=1S/C9H14N2O2S/c1-4-8-6-5-7-9(10-8)11(2)14(3,12)13/h5-7H,4H2,1-3H3. The van der Waals surface area contributed by atoms with E-state index < -0.39 is 10.0 Å². The maximum atomic E-state index is 11.2. The molecular weight excluding hydrogens is 200 g/mol. The number of aromatic nitrogens is 1. The van der Waals surface area contributed by atoms with Crippen molar-refractivity contribution in [2.45, 2.75) is 13.3 Å². The molecule has 1 aromatic heterocycles. The molecule has 14 heavy (non-hydrogen) atoms. The molecule has 4 nitrogen and oxygen atoms in total. The van der Waals surface area contributed by atoms with Gasteiger partial charge in [-0.3, -0.25) is 4.31 Å². The van der Waals surface area contributed by atoms with Gasteiger partial charge in [-0.15, -0.1) is 0 Å². The fourth-order valence-corrected chi connectivity index (χ4v) is 1.45. The highest BCUT2D eigenvalue weighted by Crippen LogP contribution is 2.12. The van der Waals surface area contributed by atoms with Crippen molar-refractivity contribution in [2.75, 3.05) is 17.6 Å². The number of hydrogen-bond donors (Lipinski definition) is 0. The summed E-state index contributed by atoms with van der Waals surface area (Å²) in [5.41, 5.74) is 0.887. The van der Waals surface area contributed by atoms with Gasteiger partial charge in [-0.2, -0.15) is 0 Å². The fourth-order valence-electron chi connectivity index (χ4n) is 1.01. The summed E-state index contributed by atoms with van der Waals surface area (Å²) < 4.78 is 23.6. The van der Waals surface area contributed by atoms with Gasteiger partial charge in [-0.25, -0.2) is 13.4 Å². The molecule has 0 atom stereocenters. The summed E-state index contributed by atoms with van der Waals surface area (Å²) in [5, 5.41) is 0. The number of anilines is 1. The molecule has 0 spiro atoms. The molecule has 0 aliphatic rings. The highest BCUT2D eigenvalue weighted by Gasteiger charge is 2.12. The van der Waals surface area contributed by atoms with E-state index >= 15 is 0 Å². The van der Waals surface area contributed by atoms with Crippen molar-refractivity contribution < 1.29 is 8.42 Å². The quantitative estimate of drug-likeness (QED) is 0.755. The van der Waals surface area contributed by atoms with Crippen LogP contribution in [0.1, 0.15) is 12.6 Å². The van der Waals surface area contributed by atoms with E-state index in [9.17, 15) is 8.42 Å². The Balaban J connectivity index is 3.08. The predicted octanol–water partition coefficient (Wildman–Crippen LogP) is 1.04. The highest BCUT2D eigenvalue weighted by atomic mass is 32.2. The van der Waals surface area contributed by atoms with Crippen molar-refractivity contribution >= 4 is 15.8 Å². The molecular formula is C9H14N2O2S. The van der Waals surface area contributed by atoms with Gasteiger partial charge in [0.25, 0.3) is 0 Å². The van der Waals surface area contributed by atoms with Crippen molar-refractivity contribution in [1.29, 1.82) is 0 Å². The number of pyridine rings is 1. The summed E-state index contributed by atoms with van der Waals surface area (Å²) in [6.45, 7) is 1.98. The first-order valence-corrected chi connectivity index (χ1v) is 6.20. The lowest BCUT2D eigenvalue weighted by atomic mass is 10.3. The molecule has 0 amide bonds. The molecule has 78 valence electrons. The number of aryl methyl sites for hydroxylation is 1. The van der Waals surface area contributed by atoms with Gasteiger partial charge in [0.2, 0.25) is 10.0 Å². The fraction of sp³-hybridized carbons (Fsp3) is 0.444. The Labute approximate surface area is 84.6 Å². The SMILES string of the molecule is CCc1cccc(N(C)S(C)(=O)=O)n1. The maximum Gasteiger partial charge on any atom is 0.233 e. The Morgan fingerprint density at radius 3 is 2.57 bits per heavy atom. The van der Waals surface area contributed by atoms with Crippen LogP contribution in [0.2, 0.25) is 0 Å². The maximum absolute atomic E-state index is 11.2. The lowest BCUT2D eigenvalue weighted by Crippen LogP contribution is -2.25. The van der Waals surface area contributed by atoms with Crippen LogP contribution >= 0.6 is 0 Å². The minimum atomic E-state index is -3.21.